The van der Waals surface area contributed by atoms with E-state index in [9.17, 15) is 9.90 Å². The Kier molecular flexibility index (Phi) is 13.2. The van der Waals surface area contributed by atoms with Crippen LogP contribution in [0.5, 0.6) is 11.5 Å². The summed E-state index contributed by atoms with van der Waals surface area (Å²) in [5.41, 5.74) is 0. The summed E-state index contributed by atoms with van der Waals surface area (Å²) in [7, 11) is 1.63. The molecule has 0 radical (unpaired) electrons. The molecule has 1 saturated heterocycles. The Morgan fingerprint density at radius 1 is 1.14 bits per heavy atom. The molecule has 1 unspecified atom stereocenters. The van der Waals surface area contributed by atoms with Gasteiger partial charge in [-0.3, -0.25) is 0 Å². The molecule has 0 aromatic heterocycles. The largest absolute Gasteiger partial charge is 0.491 e. The third kappa shape index (κ3) is 10.5. The van der Waals surface area contributed by atoms with E-state index in [1.54, 1.807) is 24.1 Å². The van der Waals surface area contributed by atoms with Crippen molar-refractivity contribution in [3.8, 4) is 11.5 Å². The molecule has 3 N–H and O–H groups in total. The lowest BCUT2D eigenvalue weighted by Crippen LogP contribution is -2.47. The van der Waals surface area contributed by atoms with Crippen LogP contribution in [0.2, 0.25) is 0 Å². The van der Waals surface area contributed by atoms with E-state index in [4.69, 9.17) is 18.9 Å². The number of urea groups is 1. The summed E-state index contributed by atoms with van der Waals surface area (Å²) in [6.45, 7) is 5.06. The van der Waals surface area contributed by atoms with E-state index in [1.165, 1.54) is 0 Å². The highest BCUT2D eigenvalue weighted by Gasteiger charge is 2.15. The maximum Gasteiger partial charge on any atom is 0.317 e. The molecule has 0 bridgehead atoms. The number of carbonyl (C=O) groups excluding carboxylic acids is 1. The number of benzene rings is 1. The summed E-state index contributed by atoms with van der Waals surface area (Å²) in [5.74, 6) is 1.40. The predicted molar refractivity (Wildman–Crippen MR) is 111 cm³/mol. The fourth-order valence-corrected chi connectivity index (χ4v) is 2.53. The van der Waals surface area contributed by atoms with Gasteiger partial charge < -0.3 is 39.6 Å². The van der Waals surface area contributed by atoms with Crippen molar-refractivity contribution in [2.45, 2.75) is 6.10 Å². The number of aliphatic hydroxyl groups is 1. The van der Waals surface area contributed by atoms with Crippen LogP contribution in [0.25, 0.3) is 0 Å². The highest BCUT2D eigenvalue weighted by molar-refractivity contribution is 5.85. The maximum atomic E-state index is 11.9. The smallest absolute Gasteiger partial charge is 0.317 e. The van der Waals surface area contributed by atoms with Gasteiger partial charge in [0.2, 0.25) is 0 Å². The lowest BCUT2D eigenvalue weighted by Gasteiger charge is -2.27. The Morgan fingerprint density at radius 3 is 2.45 bits per heavy atom. The molecule has 29 heavy (non-hydrogen) atoms. The highest BCUT2D eigenvalue weighted by atomic mass is 35.5. The average Bonchev–Trinajstić information content (AvgIpc) is 2.73. The summed E-state index contributed by atoms with van der Waals surface area (Å²) in [6, 6.07) is 7.13. The molecular weight excluding hydrogens is 402 g/mol. The van der Waals surface area contributed by atoms with Gasteiger partial charge in [-0.2, -0.15) is 0 Å². The number of amides is 2. The van der Waals surface area contributed by atoms with Gasteiger partial charge in [0.05, 0.1) is 19.8 Å². The first kappa shape index (κ1) is 25.3. The summed E-state index contributed by atoms with van der Waals surface area (Å²) in [6.07, 6.45) is -0.646. The molecular formula is C19H32ClN3O6. The van der Waals surface area contributed by atoms with E-state index in [0.29, 0.717) is 64.9 Å². The van der Waals surface area contributed by atoms with Gasteiger partial charge in [0.15, 0.2) is 0 Å². The second kappa shape index (κ2) is 15.1. The molecule has 166 valence electrons. The van der Waals surface area contributed by atoms with Crippen molar-refractivity contribution in [2.24, 2.45) is 0 Å². The standard InChI is InChI=1S/C19H31N3O6.ClH/c1-25-12-13-27-17-2-4-18(5-3-17)28-15-16(23)14-20-6-7-21-19(24)22-8-10-26-11-9-22;/h2-5,16,20,23H,6-15H2,1H3,(H,21,24);1H. The molecule has 2 rings (SSSR count). The Morgan fingerprint density at radius 2 is 1.79 bits per heavy atom. The molecule has 1 aromatic rings. The number of hydrogen-bond acceptors (Lipinski definition) is 7. The van der Waals surface area contributed by atoms with E-state index >= 15 is 0 Å². The van der Waals surface area contributed by atoms with Gasteiger partial charge in [0, 0.05) is 39.8 Å². The number of morpholine rings is 1. The summed E-state index contributed by atoms with van der Waals surface area (Å²) in [5, 5.41) is 15.9. The second-order valence-electron chi connectivity index (χ2n) is 6.31. The van der Waals surface area contributed by atoms with Gasteiger partial charge in [-0.05, 0) is 24.3 Å². The lowest BCUT2D eigenvalue weighted by molar-refractivity contribution is 0.0532. The van der Waals surface area contributed by atoms with Crippen LogP contribution in [0.4, 0.5) is 4.79 Å². The Bertz CT molecular complexity index is 557. The van der Waals surface area contributed by atoms with Crippen molar-refractivity contribution in [1.82, 2.24) is 15.5 Å². The Hall–Kier alpha value is -1.78. The monoisotopic (exact) mass is 433 g/mol. The zero-order valence-corrected chi connectivity index (χ0v) is 17.6. The molecule has 0 spiro atoms. The highest BCUT2D eigenvalue weighted by Crippen LogP contribution is 2.17. The van der Waals surface area contributed by atoms with Crippen LogP contribution < -0.4 is 20.1 Å². The average molecular weight is 434 g/mol. The van der Waals surface area contributed by atoms with Crippen molar-refractivity contribution in [3.05, 3.63) is 24.3 Å². The summed E-state index contributed by atoms with van der Waals surface area (Å²) in [4.78, 5) is 13.6. The summed E-state index contributed by atoms with van der Waals surface area (Å²) < 4.78 is 21.2. The first-order valence-electron chi connectivity index (χ1n) is 9.53. The van der Waals surface area contributed by atoms with E-state index in [0.717, 1.165) is 5.75 Å². The van der Waals surface area contributed by atoms with Crippen LogP contribution in [0.1, 0.15) is 0 Å². The zero-order valence-electron chi connectivity index (χ0n) is 16.8. The minimum atomic E-state index is -0.646. The van der Waals surface area contributed by atoms with Gasteiger partial charge >= 0.3 is 6.03 Å². The number of nitrogens with one attached hydrogen (secondary N) is 2. The third-order valence-electron chi connectivity index (χ3n) is 4.08. The van der Waals surface area contributed by atoms with Gasteiger partial charge in [-0.25, -0.2) is 4.79 Å². The topological polar surface area (TPSA) is 102 Å². The van der Waals surface area contributed by atoms with Crippen molar-refractivity contribution in [1.29, 1.82) is 0 Å². The molecule has 1 aliphatic heterocycles. The van der Waals surface area contributed by atoms with Crippen LogP contribution in [0.15, 0.2) is 24.3 Å². The molecule has 1 aromatic carbocycles. The van der Waals surface area contributed by atoms with Crippen LogP contribution in [0.3, 0.4) is 0 Å². The van der Waals surface area contributed by atoms with Crippen molar-refractivity contribution in [2.75, 3.05) is 72.9 Å². The fraction of sp³-hybridized carbons (Fsp3) is 0.632. The zero-order chi connectivity index (χ0) is 20.0. The van der Waals surface area contributed by atoms with Gasteiger partial charge in [0.1, 0.15) is 30.8 Å². The molecule has 2 amide bonds. The molecule has 1 fully saturated rings. The second-order valence-corrected chi connectivity index (χ2v) is 6.31. The first-order chi connectivity index (χ1) is 13.7. The number of aliphatic hydroxyl groups excluding tert-OH is 1. The first-order valence-corrected chi connectivity index (χ1v) is 9.53. The van der Waals surface area contributed by atoms with E-state index in [2.05, 4.69) is 10.6 Å². The molecule has 1 heterocycles. The number of methoxy groups -OCH3 is 1. The number of carbonyl (C=O) groups is 1. The molecule has 9 nitrogen and oxygen atoms in total. The van der Waals surface area contributed by atoms with E-state index < -0.39 is 6.10 Å². The number of rotatable bonds is 12. The number of nitrogens with zero attached hydrogens (tertiary/aromatic N) is 1. The quantitative estimate of drug-likeness (QED) is 0.413. The minimum absolute atomic E-state index is 0. The fourth-order valence-electron chi connectivity index (χ4n) is 2.53. The summed E-state index contributed by atoms with van der Waals surface area (Å²) >= 11 is 0. The van der Waals surface area contributed by atoms with E-state index in [-0.39, 0.29) is 25.0 Å². The normalized spacial score (nSPS) is 14.6. The van der Waals surface area contributed by atoms with Gasteiger partial charge in [-0.1, -0.05) is 0 Å². The van der Waals surface area contributed by atoms with E-state index in [1.807, 2.05) is 12.1 Å². The van der Waals surface area contributed by atoms with Crippen molar-refractivity contribution in [3.63, 3.8) is 0 Å². The predicted octanol–water partition coefficient (Wildman–Crippen LogP) is 0.505. The molecule has 0 aliphatic carbocycles. The molecule has 1 atom stereocenters. The SMILES string of the molecule is COCCOc1ccc(OCC(O)CNCCNC(=O)N2CCOCC2)cc1.Cl. The molecule has 1 aliphatic rings. The van der Waals surface area contributed by atoms with Crippen LogP contribution >= 0.6 is 12.4 Å². The van der Waals surface area contributed by atoms with Crippen LogP contribution in [0, 0.1) is 0 Å². The number of halogens is 1. The minimum Gasteiger partial charge on any atom is -0.491 e. The van der Waals surface area contributed by atoms with Crippen LogP contribution in [-0.4, -0.2) is 95.0 Å². The van der Waals surface area contributed by atoms with Crippen molar-refractivity contribution < 1.29 is 28.8 Å². The van der Waals surface area contributed by atoms with Gasteiger partial charge in [-0.15, -0.1) is 12.4 Å². The Balaban J connectivity index is 0.00000420. The lowest BCUT2D eigenvalue weighted by atomic mass is 10.3. The van der Waals surface area contributed by atoms with Crippen molar-refractivity contribution >= 4 is 18.4 Å². The molecule has 10 heteroatoms. The number of hydrogen-bond donors (Lipinski definition) is 3. The molecule has 0 saturated carbocycles. The van der Waals surface area contributed by atoms with Gasteiger partial charge in [0.25, 0.3) is 0 Å². The maximum absolute atomic E-state index is 11.9. The Labute approximate surface area is 178 Å². The number of ether oxygens (including phenoxy) is 4. The van der Waals surface area contributed by atoms with Crippen LogP contribution in [-0.2, 0) is 9.47 Å². The third-order valence-corrected chi connectivity index (χ3v) is 4.08.